The summed E-state index contributed by atoms with van der Waals surface area (Å²) in [5.41, 5.74) is 4.11. The summed E-state index contributed by atoms with van der Waals surface area (Å²) in [5.74, 6) is 1.21. The first-order chi connectivity index (χ1) is 13.1. The molecule has 0 saturated carbocycles. The van der Waals surface area contributed by atoms with Gasteiger partial charge in [-0.1, -0.05) is 17.3 Å². The van der Waals surface area contributed by atoms with E-state index in [4.69, 9.17) is 4.52 Å². The maximum absolute atomic E-state index is 5.53. The van der Waals surface area contributed by atoms with Crippen molar-refractivity contribution in [2.24, 2.45) is 0 Å². The Labute approximate surface area is 171 Å². The number of aromatic nitrogens is 3. The number of nitrogens with one attached hydrogen (secondary N) is 1. The Morgan fingerprint density at radius 1 is 1.11 bits per heavy atom. The Morgan fingerprint density at radius 2 is 1.86 bits per heavy atom. The average Bonchev–Trinajstić information content (AvgIpc) is 3.18. The van der Waals surface area contributed by atoms with Crippen molar-refractivity contribution in [3.05, 3.63) is 48.5 Å². The van der Waals surface area contributed by atoms with E-state index in [0.29, 0.717) is 11.7 Å². The number of benzene rings is 1. The molecule has 3 heterocycles. The van der Waals surface area contributed by atoms with Crippen LogP contribution in [-0.4, -0.2) is 60.8 Å². The van der Waals surface area contributed by atoms with Crippen molar-refractivity contribution in [1.29, 1.82) is 0 Å². The maximum atomic E-state index is 5.53. The molecule has 2 aromatic heterocycles. The van der Waals surface area contributed by atoms with Crippen LogP contribution >= 0.6 is 12.4 Å². The van der Waals surface area contributed by atoms with Crippen molar-refractivity contribution in [1.82, 2.24) is 25.3 Å². The van der Waals surface area contributed by atoms with Gasteiger partial charge in [-0.05, 0) is 30.8 Å². The molecule has 0 radical (unpaired) electrons. The summed E-state index contributed by atoms with van der Waals surface area (Å²) >= 11 is 0. The number of anilines is 1. The first-order valence-corrected chi connectivity index (χ1v) is 9.09. The lowest BCUT2D eigenvalue weighted by molar-refractivity contribution is 0.190. The lowest BCUT2D eigenvalue weighted by Gasteiger charge is -2.30. The number of halogens is 1. The zero-order valence-electron chi connectivity index (χ0n) is 16.3. The van der Waals surface area contributed by atoms with Gasteiger partial charge in [0.15, 0.2) is 5.82 Å². The molecule has 1 N–H and O–H groups in total. The number of hydrogen-bond donors (Lipinski definition) is 1. The van der Waals surface area contributed by atoms with Gasteiger partial charge in [-0.2, -0.15) is 4.98 Å². The van der Waals surface area contributed by atoms with Crippen LogP contribution in [0.3, 0.4) is 0 Å². The topological polar surface area (TPSA) is 70.3 Å². The van der Waals surface area contributed by atoms with Crippen molar-refractivity contribution >= 4 is 18.1 Å². The quantitative estimate of drug-likeness (QED) is 0.722. The molecule has 1 aliphatic heterocycles. The highest BCUT2D eigenvalue weighted by atomic mass is 35.5. The van der Waals surface area contributed by atoms with E-state index in [1.54, 1.807) is 6.20 Å². The standard InChI is InChI=1S/C20H24N6O.ClH/c1-25(2)17-6-4-14(5-7-17)15-10-16(12-22-11-15)20-23-19(24-27-20)18-13-21-8-9-26(18)3;/h4-7,10-12,18,21H,8-9,13H2,1-3H3;1H. The Morgan fingerprint density at radius 3 is 2.57 bits per heavy atom. The number of likely N-dealkylation sites (N-methyl/N-ethyl adjacent to an activating group) is 1. The molecule has 8 heteroatoms. The first kappa shape index (κ1) is 20.3. The van der Waals surface area contributed by atoms with Crippen LogP contribution < -0.4 is 10.2 Å². The molecule has 1 unspecified atom stereocenters. The van der Waals surface area contributed by atoms with E-state index in [1.807, 2.05) is 26.4 Å². The van der Waals surface area contributed by atoms with Crippen LogP contribution in [0.25, 0.3) is 22.6 Å². The Balaban J connectivity index is 0.00000225. The number of hydrogen-bond acceptors (Lipinski definition) is 7. The van der Waals surface area contributed by atoms with E-state index in [9.17, 15) is 0 Å². The first-order valence-electron chi connectivity index (χ1n) is 9.09. The summed E-state index contributed by atoms with van der Waals surface area (Å²) < 4.78 is 5.53. The third-order valence-electron chi connectivity index (χ3n) is 4.95. The molecule has 4 rings (SSSR count). The molecule has 148 valence electrons. The molecule has 1 atom stereocenters. The highest BCUT2D eigenvalue weighted by Crippen LogP contribution is 2.27. The van der Waals surface area contributed by atoms with Gasteiger partial charge in [0.05, 0.1) is 11.6 Å². The molecule has 7 nitrogen and oxygen atoms in total. The molecular formula is C20H25ClN6O. The van der Waals surface area contributed by atoms with E-state index < -0.39 is 0 Å². The Bertz CT molecular complexity index is 911. The number of rotatable bonds is 4. The van der Waals surface area contributed by atoms with Crippen molar-refractivity contribution in [3.63, 3.8) is 0 Å². The Hall–Kier alpha value is -2.48. The SMILES string of the molecule is CN(C)c1ccc(-c2cncc(-c3nc(C4CNCCN4C)no3)c2)cc1.Cl. The molecule has 1 saturated heterocycles. The zero-order valence-corrected chi connectivity index (χ0v) is 17.1. The number of pyridine rings is 1. The van der Waals surface area contributed by atoms with Gasteiger partial charge in [-0.25, -0.2) is 0 Å². The van der Waals surface area contributed by atoms with Crippen LogP contribution in [0.4, 0.5) is 5.69 Å². The Kier molecular flexibility index (Phi) is 6.28. The van der Waals surface area contributed by atoms with Crippen molar-refractivity contribution in [2.75, 3.05) is 45.7 Å². The van der Waals surface area contributed by atoms with Gasteiger partial charge in [0.25, 0.3) is 5.89 Å². The predicted octanol–water partition coefficient (Wildman–Crippen LogP) is 2.86. The monoisotopic (exact) mass is 400 g/mol. The fourth-order valence-corrected chi connectivity index (χ4v) is 3.25. The molecule has 0 spiro atoms. The molecule has 0 bridgehead atoms. The van der Waals surface area contributed by atoms with Gasteiger partial charge in [0.1, 0.15) is 0 Å². The minimum atomic E-state index is 0. The fourth-order valence-electron chi connectivity index (χ4n) is 3.25. The van der Waals surface area contributed by atoms with Crippen molar-refractivity contribution in [2.45, 2.75) is 6.04 Å². The van der Waals surface area contributed by atoms with E-state index in [2.05, 4.69) is 61.6 Å². The van der Waals surface area contributed by atoms with Gasteiger partial charge >= 0.3 is 0 Å². The second-order valence-corrected chi connectivity index (χ2v) is 7.06. The molecule has 0 amide bonds. The molecule has 28 heavy (non-hydrogen) atoms. The number of nitrogens with zero attached hydrogens (tertiary/aromatic N) is 5. The minimum absolute atomic E-state index is 0. The zero-order chi connectivity index (χ0) is 18.8. The lowest BCUT2D eigenvalue weighted by atomic mass is 10.1. The molecule has 1 aliphatic rings. The summed E-state index contributed by atoms with van der Waals surface area (Å²) in [6, 6.07) is 10.6. The van der Waals surface area contributed by atoms with Gasteiger partial charge in [0, 0.05) is 57.4 Å². The highest BCUT2D eigenvalue weighted by molar-refractivity contribution is 5.85. The summed E-state index contributed by atoms with van der Waals surface area (Å²) in [4.78, 5) is 13.3. The van der Waals surface area contributed by atoms with Crippen LogP contribution in [0.5, 0.6) is 0 Å². The molecular weight excluding hydrogens is 376 g/mol. The average molecular weight is 401 g/mol. The third-order valence-corrected chi connectivity index (χ3v) is 4.95. The highest BCUT2D eigenvalue weighted by Gasteiger charge is 2.25. The molecule has 1 aromatic carbocycles. The van der Waals surface area contributed by atoms with Crippen LogP contribution in [0.2, 0.25) is 0 Å². The smallest absolute Gasteiger partial charge is 0.259 e. The number of piperazine rings is 1. The normalized spacial score (nSPS) is 17.2. The largest absolute Gasteiger partial charge is 0.378 e. The minimum Gasteiger partial charge on any atom is -0.378 e. The van der Waals surface area contributed by atoms with Crippen molar-refractivity contribution < 1.29 is 4.52 Å². The van der Waals surface area contributed by atoms with E-state index in [-0.39, 0.29) is 18.4 Å². The third kappa shape index (κ3) is 4.16. The van der Waals surface area contributed by atoms with Crippen LogP contribution in [0.1, 0.15) is 11.9 Å². The van der Waals surface area contributed by atoms with E-state index in [1.165, 1.54) is 0 Å². The van der Waals surface area contributed by atoms with E-state index in [0.717, 1.165) is 42.0 Å². The summed E-state index contributed by atoms with van der Waals surface area (Å²) in [7, 11) is 6.15. The van der Waals surface area contributed by atoms with Gasteiger partial charge in [-0.15, -0.1) is 12.4 Å². The van der Waals surface area contributed by atoms with Crippen LogP contribution in [0.15, 0.2) is 47.2 Å². The molecule has 1 fully saturated rings. The molecule has 3 aromatic rings. The second-order valence-electron chi connectivity index (χ2n) is 7.06. The van der Waals surface area contributed by atoms with Crippen molar-refractivity contribution in [3.8, 4) is 22.6 Å². The summed E-state index contributed by atoms with van der Waals surface area (Å²) in [6.45, 7) is 2.77. The lowest BCUT2D eigenvalue weighted by Crippen LogP contribution is -2.44. The van der Waals surface area contributed by atoms with E-state index >= 15 is 0 Å². The van der Waals surface area contributed by atoms with Gasteiger partial charge in [0.2, 0.25) is 0 Å². The van der Waals surface area contributed by atoms with Crippen LogP contribution in [0, 0.1) is 0 Å². The van der Waals surface area contributed by atoms with Gasteiger partial charge < -0.3 is 14.7 Å². The molecule has 0 aliphatic carbocycles. The fraction of sp³-hybridized carbons (Fsp3) is 0.350. The summed E-state index contributed by atoms with van der Waals surface area (Å²) in [6.07, 6.45) is 3.61. The predicted molar refractivity (Wildman–Crippen MR) is 113 cm³/mol. The second kappa shape index (κ2) is 8.68. The summed E-state index contributed by atoms with van der Waals surface area (Å²) in [5, 5.41) is 7.58. The van der Waals surface area contributed by atoms with Gasteiger partial charge in [-0.3, -0.25) is 9.88 Å². The van der Waals surface area contributed by atoms with Crippen LogP contribution in [-0.2, 0) is 0 Å². The maximum Gasteiger partial charge on any atom is 0.259 e.